The number of rotatable bonds is 7. The van der Waals surface area contributed by atoms with Crippen LogP contribution in [-0.2, 0) is 17.8 Å². The van der Waals surface area contributed by atoms with Crippen LogP contribution in [0.1, 0.15) is 46.3 Å². The zero-order valence-corrected chi connectivity index (χ0v) is 17.7. The largest absolute Gasteiger partial charge is 0.481 e. The van der Waals surface area contributed by atoms with Gasteiger partial charge in [-0.1, -0.05) is 18.2 Å². The summed E-state index contributed by atoms with van der Waals surface area (Å²) in [5, 5.41) is 12.8. The van der Waals surface area contributed by atoms with Crippen LogP contribution in [-0.4, -0.2) is 40.0 Å². The van der Waals surface area contributed by atoms with Crippen LogP contribution < -0.4 is 5.32 Å². The van der Waals surface area contributed by atoms with Crippen molar-refractivity contribution in [2.45, 2.75) is 39.2 Å². The van der Waals surface area contributed by atoms with Gasteiger partial charge in [0.2, 0.25) is 0 Å². The molecule has 1 aromatic heterocycles. The van der Waals surface area contributed by atoms with E-state index in [-0.39, 0.29) is 12.3 Å². The molecule has 0 saturated carbocycles. The average molecular weight is 418 g/mol. The highest BCUT2D eigenvalue weighted by Gasteiger charge is 2.14. The number of anilines is 1. The molecule has 1 saturated heterocycles. The van der Waals surface area contributed by atoms with Crippen LogP contribution in [0.5, 0.6) is 0 Å². The van der Waals surface area contributed by atoms with Crippen LogP contribution in [0.3, 0.4) is 0 Å². The molecule has 1 fully saturated rings. The van der Waals surface area contributed by atoms with Gasteiger partial charge in [-0.3, -0.25) is 19.5 Å². The molecule has 0 unspecified atom stereocenters. The van der Waals surface area contributed by atoms with Crippen molar-refractivity contribution in [1.29, 1.82) is 0 Å². The molecule has 6 heteroatoms. The van der Waals surface area contributed by atoms with Gasteiger partial charge in [0.1, 0.15) is 0 Å². The third-order valence-electron chi connectivity index (χ3n) is 5.86. The molecule has 3 aromatic rings. The van der Waals surface area contributed by atoms with Crippen molar-refractivity contribution in [3.05, 3.63) is 70.9 Å². The van der Waals surface area contributed by atoms with Gasteiger partial charge in [0.25, 0.3) is 5.91 Å². The highest BCUT2D eigenvalue weighted by molar-refractivity contribution is 6.05. The van der Waals surface area contributed by atoms with Crippen LogP contribution in [0.2, 0.25) is 0 Å². The van der Waals surface area contributed by atoms with Crippen molar-refractivity contribution in [3.63, 3.8) is 0 Å². The normalized spacial score (nSPS) is 14.1. The fourth-order valence-electron chi connectivity index (χ4n) is 4.08. The molecule has 1 aliphatic rings. The number of aliphatic carboxylic acids is 1. The van der Waals surface area contributed by atoms with Crippen molar-refractivity contribution < 1.29 is 14.7 Å². The predicted molar refractivity (Wildman–Crippen MR) is 121 cm³/mol. The molecule has 2 N–H and O–H groups in total. The third kappa shape index (κ3) is 5.09. The number of fused-ring (bicyclic) bond motifs is 1. The molecular formula is C25H27N3O3. The summed E-state index contributed by atoms with van der Waals surface area (Å²) in [4.78, 5) is 30.5. The molecule has 0 bridgehead atoms. The lowest BCUT2D eigenvalue weighted by Crippen LogP contribution is -2.18. The van der Waals surface area contributed by atoms with Crippen LogP contribution in [0, 0.1) is 6.92 Å². The van der Waals surface area contributed by atoms with Crippen molar-refractivity contribution in [1.82, 2.24) is 9.88 Å². The first-order valence-corrected chi connectivity index (χ1v) is 10.7. The van der Waals surface area contributed by atoms with E-state index in [4.69, 9.17) is 5.11 Å². The fraction of sp³-hybridized carbons (Fsp3) is 0.320. The van der Waals surface area contributed by atoms with Crippen molar-refractivity contribution in [3.8, 4) is 0 Å². The number of nitrogens with one attached hydrogen (secondary N) is 1. The molecular weight excluding hydrogens is 390 g/mol. The highest BCUT2D eigenvalue weighted by Crippen LogP contribution is 2.26. The number of nitrogens with zero attached hydrogens (tertiary/aromatic N) is 2. The van der Waals surface area contributed by atoms with Crippen LogP contribution >= 0.6 is 0 Å². The number of carbonyl (C=O) groups is 2. The number of pyridine rings is 1. The number of carboxylic acids is 1. The first-order valence-electron chi connectivity index (χ1n) is 10.7. The Hall–Kier alpha value is -3.25. The number of likely N-dealkylation sites (tertiary alicyclic amines) is 1. The second-order valence-electron chi connectivity index (χ2n) is 8.18. The van der Waals surface area contributed by atoms with Crippen molar-refractivity contribution in [2.24, 2.45) is 0 Å². The smallest absolute Gasteiger partial charge is 0.303 e. The summed E-state index contributed by atoms with van der Waals surface area (Å²) in [7, 11) is 0. The summed E-state index contributed by atoms with van der Waals surface area (Å²) in [5.74, 6) is -1.02. The summed E-state index contributed by atoms with van der Waals surface area (Å²) >= 11 is 0. The number of aryl methyl sites for hydroxylation is 2. The van der Waals surface area contributed by atoms with Gasteiger partial charge >= 0.3 is 5.97 Å². The van der Waals surface area contributed by atoms with Gasteiger partial charge in [-0.05, 0) is 80.2 Å². The first-order chi connectivity index (χ1) is 15.0. The van der Waals surface area contributed by atoms with Gasteiger partial charge in [0.15, 0.2) is 0 Å². The number of hydrogen-bond donors (Lipinski definition) is 2. The van der Waals surface area contributed by atoms with E-state index >= 15 is 0 Å². The molecule has 0 spiro atoms. The second-order valence-corrected chi connectivity index (χ2v) is 8.18. The van der Waals surface area contributed by atoms with Gasteiger partial charge in [-0.2, -0.15) is 0 Å². The fourth-order valence-corrected chi connectivity index (χ4v) is 4.08. The minimum absolute atomic E-state index is 0.0779. The Morgan fingerprint density at radius 1 is 1.06 bits per heavy atom. The molecule has 2 heterocycles. The molecule has 160 valence electrons. The first kappa shape index (κ1) is 21.0. The number of carbonyl (C=O) groups excluding carboxylic acids is 1. The van der Waals surface area contributed by atoms with E-state index in [9.17, 15) is 9.59 Å². The standard InChI is InChI=1S/C25H27N3O3/c1-17-22(27-25(31)20-7-4-18(5-8-20)6-11-23(29)30)10-9-21-14-19(15-26-24(17)21)16-28-12-2-3-13-28/h4-5,7-10,14-15H,2-3,6,11-13,16H2,1H3,(H,27,31)(H,29,30). The second kappa shape index (κ2) is 9.27. The molecule has 0 radical (unpaired) electrons. The van der Waals surface area contributed by atoms with Crippen molar-refractivity contribution in [2.75, 3.05) is 18.4 Å². The van der Waals surface area contributed by atoms with Crippen LogP contribution in [0.15, 0.2) is 48.7 Å². The number of benzene rings is 2. The lowest BCUT2D eigenvalue weighted by Gasteiger charge is -2.15. The zero-order chi connectivity index (χ0) is 21.8. The maximum Gasteiger partial charge on any atom is 0.303 e. The predicted octanol–water partition coefficient (Wildman–Crippen LogP) is 4.41. The summed E-state index contributed by atoms with van der Waals surface area (Å²) in [6.45, 7) is 5.22. The third-order valence-corrected chi connectivity index (χ3v) is 5.86. The SMILES string of the molecule is Cc1c(NC(=O)c2ccc(CCC(=O)O)cc2)ccc2cc(CN3CCCC3)cnc12. The van der Waals surface area contributed by atoms with E-state index in [1.807, 2.05) is 25.3 Å². The Morgan fingerprint density at radius 2 is 1.81 bits per heavy atom. The van der Waals surface area contributed by atoms with Gasteiger partial charge in [0, 0.05) is 35.8 Å². The van der Waals surface area contributed by atoms with Gasteiger partial charge in [-0.25, -0.2) is 0 Å². The number of amides is 1. The quantitative estimate of drug-likeness (QED) is 0.595. The van der Waals surface area contributed by atoms with E-state index in [1.165, 1.54) is 18.4 Å². The summed E-state index contributed by atoms with van der Waals surface area (Å²) < 4.78 is 0. The molecule has 31 heavy (non-hydrogen) atoms. The molecule has 4 rings (SSSR count). The van der Waals surface area contributed by atoms with Crippen LogP contribution in [0.4, 0.5) is 5.69 Å². The summed E-state index contributed by atoms with van der Waals surface area (Å²) in [6, 6.07) is 13.2. The Kier molecular flexibility index (Phi) is 6.28. The number of carboxylic acid groups (broad SMARTS) is 1. The average Bonchev–Trinajstić information content (AvgIpc) is 3.27. The Morgan fingerprint density at radius 3 is 2.52 bits per heavy atom. The lowest BCUT2D eigenvalue weighted by atomic mass is 10.1. The maximum absolute atomic E-state index is 12.7. The topological polar surface area (TPSA) is 82.5 Å². The van der Waals surface area contributed by atoms with E-state index in [1.54, 1.807) is 24.3 Å². The van der Waals surface area contributed by atoms with E-state index in [0.29, 0.717) is 12.0 Å². The molecule has 6 nitrogen and oxygen atoms in total. The molecule has 0 atom stereocenters. The minimum Gasteiger partial charge on any atom is -0.481 e. The highest BCUT2D eigenvalue weighted by atomic mass is 16.4. The molecule has 1 amide bonds. The van der Waals surface area contributed by atoms with E-state index in [2.05, 4.69) is 21.3 Å². The maximum atomic E-state index is 12.7. The summed E-state index contributed by atoms with van der Waals surface area (Å²) in [6.07, 6.45) is 5.01. The van der Waals surface area contributed by atoms with Crippen molar-refractivity contribution >= 4 is 28.5 Å². The molecule has 0 aliphatic carbocycles. The van der Waals surface area contributed by atoms with Gasteiger partial charge in [0.05, 0.1) is 5.52 Å². The number of hydrogen-bond acceptors (Lipinski definition) is 4. The minimum atomic E-state index is -0.828. The van der Waals surface area contributed by atoms with E-state index < -0.39 is 5.97 Å². The Bertz CT molecular complexity index is 1100. The Labute approximate surface area is 181 Å². The molecule has 1 aliphatic heterocycles. The van der Waals surface area contributed by atoms with E-state index in [0.717, 1.165) is 47.4 Å². The van der Waals surface area contributed by atoms with Crippen LogP contribution in [0.25, 0.3) is 10.9 Å². The van der Waals surface area contributed by atoms with Gasteiger partial charge < -0.3 is 10.4 Å². The lowest BCUT2D eigenvalue weighted by molar-refractivity contribution is -0.136. The number of aromatic nitrogens is 1. The zero-order valence-electron chi connectivity index (χ0n) is 17.7. The molecule has 2 aromatic carbocycles. The Balaban J connectivity index is 1.46. The summed E-state index contributed by atoms with van der Waals surface area (Å²) in [5.41, 5.74) is 5.23. The monoisotopic (exact) mass is 417 g/mol. The van der Waals surface area contributed by atoms with Gasteiger partial charge in [-0.15, -0.1) is 0 Å².